The van der Waals surface area contributed by atoms with Gasteiger partial charge in [0, 0.05) is 5.41 Å². The summed E-state index contributed by atoms with van der Waals surface area (Å²) in [7, 11) is 1.48. The summed E-state index contributed by atoms with van der Waals surface area (Å²) in [6, 6.07) is 23.6. The Balaban J connectivity index is 1.53. The van der Waals surface area contributed by atoms with Crippen molar-refractivity contribution >= 4 is 28.1 Å². The molecule has 1 amide bonds. The first-order valence-electron chi connectivity index (χ1n) is 9.56. The van der Waals surface area contributed by atoms with Crippen molar-refractivity contribution in [3.8, 4) is 11.5 Å². The third-order valence-corrected chi connectivity index (χ3v) is 6.12. The summed E-state index contributed by atoms with van der Waals surface area (Å²) in [5.74, 6) is 0.0305. The number of halogens is 1. The average molecular weight is 465 g/mol. The summed E-state index contributed by atoms with van der Waals surface area (Å²) >= 11 is 3.28. The van der Waals surface area contributed by atoms with E-state index in [1.54, 1.807) is 12.1 Å². The first-order valence-corrected chi connectivity index (χ1v) is 10.4. The highest BCUT2D eigenvalue weighted by Crippen LogP contribution is 2.58. The fourth-order valence-corrected chi connectivity index (χ4v) is 4.39. The van der Waals surface area contributed by atoms with Crippen LogP contribution in [0.3, 0.4) is 0 Å². The number of nitrogens with zero attached hydrogens (tertiary/aromatic N) is 1. The zero-order valence-corrected chi connectivity index (χ0v) is 18.0. The zero-order valence-electron chi connectivity index (χ0n) is 16.4. The van der Waals surface area contributed by atoms with Gasteiger partial charge in [-0.05, 0) is 51.2 Å². The number of methoxy groups -OCH3 is 1. The van der Waals surface area contributed by atoms with Crippen LogP contribution in [0.25, 0.3) is 0 Å². The van der Waals surface area contributed by atoms with Gasteiger partial charge in [0.2, 0.25) is 5.91 Å². The molecule has 0 heterocycles. The van der Waals surface area contributed by atoms with E-state index >= 15 is 0 Å². The van der Waals surface area contributed by atoms with Crippen LogP contribution in [0.4, 0.5) is 0 Å². The van der Waals surface area contributed by atoms with Gasteiger partial charge in [-0.3, -0.25) is 4.79 Å². The van der Waals surface area contributed by atoms with Crippen LogP contribution in [-0.2, 0) is 10.2 Å². The zero-order chi connectivity index (χ0) is 21.1. The molecule has 0 bridgehead atoms. The first-order chi connectivity index (χ1) is 14.6. The van der Waals surface area contributed by atoms with E-state index in [4.69, 9.17) is 4.74 Å². The molecule has 1 aliphatic carbocycles. The van der Waals surface area contributed by atoms with Crippen molar-refractivity contribution in [3.05, 3.63) is 94.0 Å². The number of rotatable bonds is 6. The van der Waals surface area contributed by atoms with Crippen LogP contribution in [0.5, 0.6) is 11.5 Å². The molecule has 152 valence electrons. The number of nitrogens with one attached hydrogen (secondary N) is 1. The van der Waals surface area contributed by atoms with E-state index in [0.717, 1.165) is 17.5 Å². The molecule has 1 aliphatic rings. The van der Waals surface area contributed by atoms with Crippen molar-refractivity contribution in [2.75, 3.05) is 7.11 Å². The molecule has 4 rings (SSSR count). The molecule has 2 N–H and O–H groups in total. The minimum Gasteiger partial charge on any atom is -0.503 e. The number of phenolic OH excluding ortho intramolecular Hbond substituents is 1. The molecule has 0 saturated heterocycles. The van der Waals surface area contributed by atoms with E-state index in [1.165, 1.54) is 13.3 Å². The number of phenols is 1. The molecule has 1 saturated carbocycles. The SMILES string of the molecule is COc1cc(C=NNC(=O)[C@@H]2CC2(c2ccccc2)c2ccccc2)cc(Br)c1O. The van der Waals surface area contributed by atoms with Crippen molar-refractivity contribution in [3.63, 3.8) is 0 Å². The smallest absolute Gasteiger partial charge is 0.244 e. The third-order valence-electron chi connectivity index (χ3n) is 5.51. The maximum absolute atomic E-state index is 12.9. The van der Waals surface area contributed by atoms with Crippen LogP contribution in [-0.4, -0.2) is 24.3 Å². The van der Waals surface area contributed by atoms with Crippen molar-refractivity contribution in [2.24, 2.45) is 11.0 Å². The van der Waals surface area contributed by atoms with Crippen molar-refractivity contribution in [1.29, 1.82) is 0 Å². The molecule has 0 spiro atoms. The summed E-state index contributed by atoms with van der Waals surface area (Å²) in [4.78, 5) is 12.9. The van der Waals surface area contributed by atoms with Gasteiger partial charge in [-0.25, -0.2) is 5.43 Å². The third kappa shape index (κ3) is 3.71. The highest BCUT2D eigenvalue weighted by atomic mass is 79.9. The Hall–Kier alpha value is -3.12. The van der Waals surface area contributed by atoms with Crippen LogP contribution in [0.1, 0.15) is 23.1 Å². The van der Waals surface area contributed by atoms with Crippen LogP contribution >= 0.6 is 15.9 Å². The van der Waals surface area contributed by atoms with E-state index in [1.807, 2.05) is 36.4 Å². The summed E-state index contributed by atoms with van der Waals surface area (Å²) in [5.41, 5.74) is 5.29. The minimum atomic E-state index is -0.326. The molecule has 30 heavy (non-hydrogen) atoms. The maximum Gasteiger partial charge on any atom is 0.244 e. The van der Waals surface area contributed by atoms with E-state index in [-0.39, 0.29) is 23.0 Å². The molecule has 0 unspecified atom stereocenters. The van der Waals surface area contributed by atoms with Gasteiger partial charge >= 0.3 is 0 Å². The van der Waals surface area contributed by atoms with Crippen molar-refractivity contribution in [2.45, 2.75) is 11.8 Å². The first kappa shape index (κ1) is 20.2. The number of hydrogen-bond donors (Lipinski definition) is 2. The predicted octanol–water partition coefficient (Wildman–Crippen LogP) is 4.62. The number of hydrogen-bond acceptors (Lipinski definition) is 4. The lowest BCUT2D eigenvalue weighted by molar-refractivity contribution is -0.122. The standard InChI is InChI=1S/C24H21BrN2O3/c1-30-21-13-16(12-20(25)22(21)28)15-26-27-23(29)19-14-24(19,17-8-4-2-5-9-17)18-10-6-3-7-11-18/h2-13,15,19,28H,14H2,1H3,(H,27,29)/t19-/m0/s1. The van der Waals surface area contributed by atoms with Crippen LogP contribution in [0, 0.1) is 5.92 Å². The average Bonchev–Trinajstić information content (AvgIpc) is 3.54. The Bertz CT molecular complexity index is 1040. The topological polar surface area (TPSA) is 70.9 Å². The van der Waals surface area contributed by atoms with E-state index in [9.17, 15) is 9.90 Å². The number of ether oxygens (including phenoxy) is 1. The van der Waals surface area contributed by atoms with Crippen molar-refractivity contribution < 1.29 is 14.6 Å². The lowest BCUT2D eigenvalue weighted by atomic mass is 9.85. The molecular formula is C24H21BrN2O3. The lowest BCUT2D eigenvalue weighted by Gasteiger charge is -2.18. The molecular weight excluding hydrogens is 444 g/mol. The monoisotopic (exact) mass is 464 g/mol. The molecule has 3 aromatic carbocycles. The molecule has 1 atom stereocenters. The number of benzene rings is 3. The predicted molar refractivity (Wildman–Crippen MR) is 120 cm³/mol. The van der Waals surface area contributed by atoms with Gasteiger partial charge in [-0.15, -0.1) is 0 Å². The summed E-state index contributed by atoms with van der Waals surface area (Å²) in [6.07, 6.45) is 2.26. The second-order valence-electron chi connectivity index (χ2n) is 7.25. The van der Waals surface area contributed by atoms with Gasteiger partial charge in [0.25, 0.3) is 0 Å². The second kappa shape index (κ2) is 8.32. The van der Waals surface area contributed by atoms with Gasteiger partial charge < -0.3 is 9.84 Å². The molecule has 0 aromatic heterocycles. The Kier molecular flexibility index (Phi) is 5.59. The number of aromatic hydroxyl groups is 1. The maximum atomic E-state index is 12.9. The normalized spacial score (nSPS) is 16.9. The number of carbonyl (C=O) groups is 1. The number of hydrazone groups is 1. The van der Waals surface area contributed by atoms with E-state index in [0.29, 0.717) is 15.8 Å². The number of amides is 1. The van der Waals surface area contributed by atoms with Crippen LogP contribution < -0.4 is 10.2 Å². The highest BCUT2D eigenvalue weighted by Gasteiger charge is 2.60. The minimum absolute atomic E-state index is 0.0205. The quantitative estimate of drug-likeness (QED) is 0.412. The van der Waals surface area contributed by atoms with Gasteiger partial charge in [-0.1, -0.05) is 60.7 Å². The van der Waals surface area contributed by atoms with Crippen LogP contribution in [0.15, 0.2) is 82.4 Å². The Morgan fingerprint density at radius 3 is 2.30 bits per heavy atom. The second-order valence-corrected chi connectivity index (χ2v) is 8.10. The van der Waals surface area contributed by atoms with E-state index in [2.05, 4.69) is 50.7 Å². The summed E-state index contributed by atoms with van der Waals surface area (Å²) < 4.78 is 5.63. The van der Waals surface area contributed by atoms with Crippen LogP contribution in [0.2, 0.25) is 0 Å². The molecule has 3 aromatic rings. The molecule has 5 nitrogen and oxygen atoms in total. The lowest BCUT2D eigenvalue weighted by Crippen LogP contribution is -2.25. The van der Waals surface area contributed by atoms with Crippen molar-refractivity contribution in [1.82, 2.24) is 5.43 Å². The largest absolute Gasteiger partial charge is 0.503 e. The Morgan fingerprint density at radius 1 is 1.13 bits per heavy atom. The molecule has 1 fully saturated rings. The number of carbonyl (C=O) groups excluding carboxylic acids is 1. The van der Waals surface area contributed by atoms with Gasteiger partial charge in [0.1, 0.15) is 0 Å². The highest BCUT2D eigenvalue weighted by molar-refractivity contribution is 9.10. The molecule has 0 radical (unpaired) electrons. The fourth-order valence-electron chi connectivity index (χ4n) is 3.93. The van der Waals surface area contributed by atoms with E-state index < -0.39 is 0 Å². The summed E-state index contributed by atoms with van der Waals surface area (Å²) in [6.45, 7) is 0. The summed E-state index contributed by atoms with van der Waals surface area (Å²) in [5, 5.41) is 14.0. The molecule has 6 heteroatoms. The van der Waals surface area contributed by atoms with Gasteiger partial charge in [0.15, 0.2) is 11.5 Å². The van der Waals surface area contributed by atoms with Gasteiger partial charge in [0.05, 0.1) is 23.7 Å². The Labute approximate surface area is 183 Å². The Morgan fingerprint density at radius 2 is 1.73 bits per heavy atom. The van der Waals surface area contributed by atoms with Gasteiger partial charge in [-0.2, -0.15) is 5.10 Å². The molecule has 0 aliphatic heterocycles. The fraction of sp³-hybridized carbons (Fsp3) is 0.167.